The molecular formula is C66H76N3OPt-. The Balaban J connectivity index is 0.0000101. The molecule has 0 radical (unpaired) electrons. The second kappa shape index (κ2) is 18.8. The first-order valence-corrected chi connectivity index (χ1v) is 24.1. The molecule has 1 N–H and O–H groups in total. The summed E-state index contributed by atoms with van der Waals surface area (Å²) in [6, 6.07) is 32.3. The van der Waals surface area contributed by atoms with Crippen molar-refractivity contribution in [3.63, 3.8) is 0 Å². The number of benzene rings is 6. The Bertz CT molecular complexity index is 3770. The molecule has 8 aromatic rings. The van der Waals surface area contributed by atoms with E-state index in [2.05, 4.69) is 175 Å². The van der Waals surface area contributed by atoms with E-state index in [-0.39, 0.29) is 54.2 Å². The third kappa shape index (κ3) is 11.0. The van der Waals surface area contributed by atoms with Gasteiger partial charge < -0.3 is 5.11 Å². The van der Waals surface area contributed by atoms with Gasteiger partial charge in [-0.15, -0.1) is 29.3 Å². The van der Waals surface area contributed by atoms with Crippen molar-refractivity contribution in [1.29, 1.82) is 0 Å². The largest absolute Gasteiger partial charge is 0.507 e. The van der Waals surface area contributed by atoms with Crippen molar-refractivity contribution in [2.24, 2.45) is 0 Å². The van der Waals surface area contributed by atoms with Gasteiger partial charge in [0.15, 0.2) is 0 Å². The van der Waals surface area contributed by atoms with Crippen LogP contribution < -0.4 is 0 Å². The van der Waals surface area contributed by atoms with Gasteiger partial charge in [0.1, 0.15) is 11.6 Å². The first-order valence-electron chi connectivity index (χ1n) is 30.6. The van der Waals surface area contributed by atoms with E-state index in [4.69, 9.17) is 25.0 Å². The van der Waals surface area contributed by atoms with Gasteiger partial charge in [-0.1, -0.05) is 214 Å². The second-order valence-corrected chi connectivity index (χ2v) is 24.0. The number of pyridine rings is 1. The van der Waals surface area contributed by atoms with Crippen molar-refractivity contribution >= 4 is 11.0 Å². The van der Waals surface area contributed by atoms with Gasteiger partial charge in [0.2, 0.25) is 0 Å². The number of phenols is 1. The van der Waals surface area contributed by atoms with E-state index < -0.39 is 66.5 Å². The van der Waals surface area contributed by atoms with E-state index in [1.807, 2.05) is 24.3 Å². The van der Waals surface area contributed by atoms with Crippen LogP contribution in [0.15, 0.2) is 127 Å². The number of aromatic nitrogens is 3. The van der Waals surface area contributed by atoms with E-state index in [9.17, 15) is 7.85 Å². The van der Waals surface area contributed by atoms with Crippen LogP contribution in [-0.4, -0.2) is 19.6 Å². The van der Waals surface area contributed by atoms with E-state index in [1.54, 1.807) is 6.07 Å². The number of nitrogens with zero attached hydrogens (tertiary/aromatic N) is 3. The molecular weight excluding hydrogens is 1050 g/mol. The van der Waals surface area contributed by atoms with Gasteiger partial charge in [-0.25, -0.2) is 4.98 Å². The number of fused-ring (bicyclic) bond motifs is 1. The maximum Gasteiger partial charge on any atom is 0.148 e. The Morgan fingerprint density at radius 3 is 1.68 bits per heavy atom. The Kier molecular flexibility index (Phi) is 10.1. The van der Waals surface area contributed by atoms with Crippen molar-refractivity contribution in [2.45, 2.75) is 157 Å². The van der Waals surface area contributed by atoms with Crippen molar-refractivity contribution in [3.8, 4) is 67.5 Å². The third-order valence-corrected chi connectivity index (χ3v) is 13.2. The molecule has 0 aliphatic carbocycles. The Morgan fingerprint density at radius 1 is 0.507 bits per heavy atom. The number of hydrogen-bond donors (Lipinski definition) is 1. The summed E-state index contributed by atoms with van der Waals surface area (Å²) >= 11 is 0. The van der Waals surface area contributed by atoms with E-state index in [0.29, 0.717) is 39.3 Å². The van der Waals surface area contributed by atoms with Gasteiger partial charge in [0, 0.05) is 56.4 Å². The molecule has 0 amide bonds. The van der Waals surface area contributed by atoms with Crippen molar-refractivity contribution in [2.75, 3.05) is 0 Å². The molecule has 5 heteroatoms. The fourth-order valence-corrected chi connectivity index (χ4v) is 8.79. The number of imidazole rings is 1. The molecule has 0 spiro atoms. The standard InChI is InChI=1S/C66H76N3O.Pt/c1-61(2,3)46-26-22-41(23-27-46)43-32-33-67-55(37-43)45-34-44(35-49(36-45)64(10,11)12)51-20-19-21-57-58(51)68-60(53-39-50(65(13,14)15)40-54(59(53)70)66(16,17)18)69(57)56-31-30-48(63(7,8)9)38-52(56)42-24-28-47(29-25-42)62(4,5)6;/h19-33,35-40,70H,1-18H3;/q-1;/i1D3,2D3,3D3,22D,23D,26D,27D;. The van der Waals surface area contributed by atoms with Crippen LogP contribution in [0.1, 0.15) is 176 Å². The minimum absolute atomic E-state index is 0. The Morgan fingerprint density at radius 2 is 1.08 bits per heavy atom. The average Bonchev–Trinajstić information content (AvgIpc) is 0.774. The molecule has 2 aromatic heterocycles. The molecule has 0 saturated heterocycles. The molecule has 2 heterocycles. The van der Waals surface area contributed by atoms with E-state index >= 15 is 0 Å². The molecule has 71 heavy (non-hydrogen) atoms. The monoisotopic (exact) mass is 1130 g/mol. The zero-order valence-corrected chi connectivity index (χ0v) is 46.2. The predicted molar refractivity (Wildman–Crippen MR) is 299 cm³/mol. The minimum Gasteiger partial charge on any atom is -0.507 e. The number of para-hydroxylation sites is 1. The molecule has 0 aliphatic rings. The fourth-order valence-electron chi connectivity index (χ4n) is 8.79. The summed E-state index contributed by atoms with van der Waals surface area (Å²) in [5, 5.41) is 12.7. The van der Waals surface area contributed by atoms with Crippen LogP contribution in [0.4, 0.5) is 0 Å². The summed E-state index contributed by atoms with van der Waals surface area (Å²) in [4.78, 5) is 10.4. The summed E-state index contributed by atoms with van der Waals surface area (Å²) in [7, 11) is 0. The number of phenolic OH excluding ortho intramolecular Hbond substituents is 1. The molecule has 0 saturated carbocycles. The van der Waals surface area contributed by atoms with Gasteiger partial charge in [0.25, 0.3) is 0 Å². The van der Waals surface area contributed by atoms with Crippen molar-refractivity contribution < 1.29 is 44.0 Å². The molecule has 0 bridgehead atoms. The van der Waals surface area contributed by atoms with Crippen molar-refractivity contribution in [3.05, 3.63) is 167 Å². The summed E-state index contributed by atoms with van der Waals surface area (Å²) in [6.45, 7) is 20.7. The normalized spacial score (nSPS) is 16.1. The zero-order valence-electron chi connectivity index (χ0n) is 56.9. The third-order valence-electron chi connectivity index (χ3n) is 13.2. The number of rotatable bonds is 6. The average molecular weight is 1140 g/mol. The summed E-state index contributed by atoms with van der Waals surface area (Å²) < 4.78 is 113. The van der Waals surface area contributed by atoms with Gasteiger partial charge in [-0.3, -0.25) is 9.55 Å². The van der Waals surface area contributed by atoms with Crippen LogP contribution in [0.5, 0.6) is 5.75 Å². The van der Waals surface area contributed by atoms with Crippen LogP contribution >= 0.6 is 0 Å². The molecule has 0 fully saturated rings. The smallest absolute Gasteiger partial charge is 0.148 e. The van der Waals surface area contributed by atoms with E-state index in [0.717, 1.165) is 44.6 Å². The Labute approximate surface area is 459 Å². The first-order chi connectivity index (χ1) is 37.8. The van der Waals surface area contributed by atoms with Crippen LogP contribution in [0.2, 0.25) is 0 Å². The quantitative estimate of drug-likeness (QED) is 0.169. The van der Waals surface area contributed by atoms with Crippen LogP contribution in [0.25, 0.3) is 72.7 Å². The van der Waals surface area contributed by atoms with Gasteiger partial charge >= 0.3 is 0 Å². The molecule has 8 rings (SSSR count). The first kappa shape index (κ1) is 38.1. The minimum atomic E-state index is -3.82. The van der Waals surface area contributed by atoms with Crippen molar-refractivity contribution in [1.82, 2.24) is 14.5 Å². The van der Waals surface area contributed by atoms with Gasteiger partial charge in [-0.2, -0.15) is 0 Å². The number of aromatic hydroxyl groups is 1. The predicted octanol–water partition coefficient (Wildman–Crippen LogP) is 18.0. The maximum atomic E-state index is 12.7. The summed E-state index contributed by atoms with van der Waals surface area (Å²) in [5.41, 5.74) is 5.31. The van der Waals surface area contributed by atoms with Crippen LogP contribution in [0.3, 0.4) is 0 Å². The van der Waals surface area contributed by atoms with Crippen LogP contribution in [-0.2, 0) is 53.6 Å². The Hall–Kier alpha value is -5.57. The maximum absolute atomic E-state index is 12.7. The molecule has 0 unspecified atom stereocenters. The van der Waals surface area contributed by atoms with Gasteiger partial charge in [0.05, 0.1) is 27.8 Å². The number of hydrogen-bond acceptors (Lipinski definition) is 3. The second-order valence-electron chi connectivity index (χ2n) is 24.0. The molecule has 0 aliphatic heterocycles. The SMILES string of the molecule is [2H]c1c([2H])c(C(C([2H])([2H])[2H])(C([2H])([2H])[2H])C([2H])([2H])[2H])c([2H])c([2H])c1-c1ccnc(-c2[c-]c(-c3cccc4c3nc(-c3cc(C(C)(C)C)cc(C(C)(C)C)c3O)n4-c3ccc(C(C)(C)C)cc3-c3ccc(C(C)(C)C)cc3)cc(C(C)(C)C)c2)c1.[Pt]. The molecule has 4 nitrogen and oxygen atoms in total. The molecule has 0 atom stereocenters. The van der Waals surface area contributed by atoms with E-state index in [1.165, 1.54) is 17.8 Å². The van der Waals surface area contributed by atoms with Crippen LogP contribution in [0, 0.1) is 6.07 Å². The summed E-state index contributed by atoms with van der Waals surface area (Å²) in [5.74, 6) is 0.655. The topological polar surface area (TPSA) is 50.9 Å². The molecule has 372 valence electrons. The summed E-state index contributed by atoms with van der Waals surface area (Å²) in [6.07, 6.45) is 1.43. The van der Waals surface area contributed by atoms with Gasteiger partial charge in [-0.05, 0) is 102 Å². The molecule has 6 aromatic carbocycles. The zero-order chi connectivity index (χ0) is 62.1. The fraction of sp³-hybridized carbons (Fsp3) is 0.364.